The van der Waals surface area contributed by atoms with Crippen LogP contribution in [-0.2, 0) is 13.6 Å². The third-order valence-electron chi connectivity index (χ3n) is 2.50. The van der Waals surface area contributed by atoms with Crippen LogP contribution in [0.4, 0.5) is 0 Å². The number of hydrogen-bond acceptors (Lipinski definition) is 2. The molecule has 3 heteroatoms. The van der Waals surface area contributed by atoms with Crippen molar-refractivity contribution in [2.75, 3.05) is 0 Å². The molecule has 1 N–H and O–H groups in total. The zero-order valence-electron chi connectivity index (χ0n) is 9.25. The number of rotatable bonds is 5. The molecule has 0 amide bonds. The van der Waals surface area contributed by atoms with E-state index in [1.165, 1.54) is 11.3 Å². The van der Waals surface area contributed by atoms with Crippen LogP contribution in [0.5, 0.6) is 0 Å². The fourth-order valence-electron chi connectivity index (χ4n) is 1.34. The molecule has 1 unspecified atom stereocenters. The van der Waals surface area contributed by atoms with Crippen molar-refractivity contribution in [3.05, 3.63) is 30.1 Å². The van der Waals surface area contributed by atoms with Crippen LogP contribution >= 0.6 is 0 Å². The van der Waals surface area contributed by atoms with E-state index in [0.29, 0.717) is 6.04 Å². The Kier molecular flexibility index (Phi) is 3.89. The van der Waals surface area contributed by atoms with Gasteiger partial charge in [-0.3, -0.25) is 4.68 Å². The Labute approximate surface area is 85.8 Å². The van der Waals surface area contributed by atoms with Crippen LogP contribution in [0.15, 0.2) is 18.9 Å². The third-order valence-corrected chi connectivity index (χ3v) is 2.50. The maximum atomic E-state index is 4.20. The molecule has 0 radical (unpaired) electrons. The van der Waals surface area contributed by atoms with E-state index in [1.807, 2.05) is 24.0 Å². The first-order valence-electron chi connectivity index (χ1n) is 4.97. The summed E-state index contributed by atoms with van der Waals surface area (Å²) in [5, 5.41) is 7.63. The molecule has 0 spiro atoms. The molecule has 1 heterocycles. The van der Waals surface area contributed by atoms with Gasteiger partial charge >= 0.3 is 0 Å². The summed E-state index contributed by atoms with van der Waals surface area (Å²) in [5.74, 6) is 0. The van der Waals surface area contributed by atoms with Crippen molar-refractivity contribution in [1.29, 1.82) is 0 Å². The smallest absolute Gasteiger partial charge is 0.0537 e. The molecule has 78 valence electrons. The highest BCUT2D eigenvalue weighted by atomic mass is 15.3. The van der Waals surface area contributed by atoms with E-state index in [1.54, 1.807) is 0 Å². The van der Waals surface area contributed by atoms with Crippen LogP contribution in [0.1, 0.15) is 24.6 Å². The molecule has 1 rings (SSSR count). The summed E-state index contributed by atoms with van der Waals surface area (Å²) in [5.41, 5.74) is 2.49. The van der Waals surface area contributed by atoms with E-state index in [4.69, 9.17) is 0 Å². The molecule has 0 bridgehead atoms. The minimum Gasteiger partial charge on any atom is -0.310 e. The summed E-state index contributed by atoms with van der Waals surface area (Å²) < 4.78 is 1.90. The Bertz CT molecular complexity index is 301. The predicted octanol–water partition coefficient (Wildman–Crippen LogP) is 1.78. The molecule has 3 nitrogen and oxygen atoms in total. The first-order valence-corrected chi connectivity index (χ1v) is 4.97. The number of nitrogens with zero attached hydrogens (tertiary/aromatic N) is 2. The van der Waals surface area contributed by atoms with Crippen molar-refractivity contribution < 1.29 is 0 Å². The van der Waals surface area contributed by atoms with E-state index < -0.39 is 0 Å². The normalized spacial score (nSPS) is 12.8. The van der Waals surface area contributed by atoms with Crippen molar-refractivity contribution in [1.82, 2.24) is 15.1 Å². The van der Waals surface area contributed by atoms with E-state index >= 15 is 0 Å². The lowest BCUT2D eigenvalue weighted by molar-refractivity contribution is 0.552. The Balaban J connectivity index is 2.45. The lowest BCUT2D eigenvalue weighted by atomic mass is 10.2. The van der Waals surface area contributed by atoms with Crippen molar-refractivity contribution in [3.63, 3.8) is 0 Å². The summed E-state index contributed by atoms with van der Waals surface area (Å²) >= 11 is 0. The maximum Gasteiger partial charge on any atom is 0.0537 e. The molecular weight excluding hydrogens is 174 g/mol. The Morgan fingerprint density at radius 2 is 2.43 bits per heavy atom. The molecule has 0 aliphatic heterocycles. The highest BCUT2D eigenvalue weighted by Crippen LogP contribution is 2.05. The maximum absolute atomic E-state index is 4.20. The van der Waals surface area contributed by atoms with Crippen LogP contribution in [0.3, 0.4) is 0 Å². The van der Waals surface area contributed by atoms with E-state index in [9.17, 15) is 0 Å². The second-order valence-corrected chi connectivity index (χ2v) is 3.69. The van der Waals surface area contributed by atoms with Gasteiger partial charge < -0.3 is 5.32 Å². The largest absolute Gasteiger partial charge is 0.310 e. The van der Waals surface area contributed by atoms with Crippen LogP contribution < -0.4 is 5.32 Å². The van der Waals surface area contributed by atoms with Gasteiger partial charge in [0.2, 0.25) is 0 Å². The molecule has 0 saturated carbocycles. The highest BCUT2D eigenvalue weighted by molar-refractivity contribution is 5.15. The highest BCUT2D eigenvalue weighted by Gasteiger charge is 2.04. The third kappa shape index (κ3) is 2.70. The number of nitrogens with one attached hydrogen (secondary N) is 1. The Hall–Kier alpha value is -1.09. The Morgan fingerprint density at radius 3 is 2.93 bits per heavy atom. The van der Waals surface area contributed by atoms with Gasteiger partial charge in [0.1, 0.15) is 0 Å². The first kappa shape index (κ1) is 11.0. The van der Waals surface area contributed by atoms with Crippen LogP contribution in [0, 0.1) is 6.92 Å². The number of aromatic nitrogens is 2. The van der Waals surface area contributed by atoms with E-state index in [0.717, 1.165) is 13.0 Å². The molecular formula is C11H19N3. The fourth-order valence-corrected chi connectivity index (χ4v) is 1.34. The fraction of sp³-hybridized carbons (Fsp3) is 0.545. The monoisotopic (exact) mass is 193 g/mol. The average molecular weight is 193 g/mol. The second-order valence-electron chi connectivity index (χ2n) is 3.69. The lowest BCUT2D eigenvalue weighted by Crippen LogP contribution is -2.24. The van der Waals surface area contributed by atoms with Crippen molar-refractivity contribution in [2.45, 2.75) is 32.9 Å². The second kappa shape index (κ2) is 4.96. The molecule has 0 aliphatic rings. The van der Waals surface area contributed by atoms with Crippen molar-refractivity contribution in [2.24, 2.45) is 7.05 Å². The average Bonchev–Trinajstić information content (AvgIpc) is 2.46. The zero-order valence-corrected chi connectivity index (χ0v) is 9.25. The van der Waals surface area contributed by atoms with Gasteiger partial charge in [-0.1, -0.05) is 6.08 Å². The molecule has 1 aromatic heterocycles. The molecule has 0 fully saturated rings. The number of hydrogen-bond donors (Lipinski definition) is 1. The van der Waals surface area contributed by atoms with Crippen LogP contribution in [0.25, 0.3) is 0 Å². The van der Waals surface area contributed by atoms with Crippen LogP contribution in [0.2, 0.25) is 0 Å². The van der Waals surface area contributed by atoms with Gasteiger partial charge in [-0.15, -0.1) is 6.58 Å². The van der Waals surface area contributed by atoms with Gasteiger partial charge in [-0.2, -0.15) is 5.10 Å². The van der Waals surface area contributed by atoms with E-state index in [-0.39, 0.29) is 0 Å². The topological polar surface area (TPSA) is 29.9 Å². The minimum atomic E-state index is 0.479. The van der Waals surface area contributed by atoms with Gasteiger partial charge in [0, 0.05) is 30.9 Å². The summed E-state index contributed by atoms with van der Waals surface area (Å²) in [7, 11) is 1.96. The standard InChI is InChI=1S/C11H19N3/c1-5-6-9(2)12-7-11-8-13-14(4)10(11)3/h5,8-9,12H,1,6-7H2,2-4H3. The molecule has 0 aliphatic carbocycles. The van der Waals surface area contributed by atoms with Crippen LogP contribution in [-0.4, -0.2) is 15.8 Å². The predicted molar refractivity (Wildman–Crippen MR) is 59.1 cm³/mol. The van der Waals surface area contributed by atoms with Crippen molar-refractivity contribution in [3.8, 4) is 0 Å². The van der Waals surface area contributed by atoms with Gasteiger partial charge in [0.05, 0.1) is 6.20 Å². The molecule has 1 aromatic rings. The molecule has 0 aromatic carbocycles. The SMILES string of the molecule is C=CCC(C)NCc1cnn(C)c1C. The van der Waals surface area contributed by atoms with E-state index in [2.05, 4.69) is 30.8 Å². The summed E-state index contributed by atoms with van der Waals surface area (Å²) in [6.45, 7) is 8.85. The Morgan fingerprint density at radius 1 is 1.71 bits per heavy atom. The van der Waals surface area contributed by atoms with Gasteiger partial charge in [0.25, 0.3) is 0 Å². The summed E-state index contributed by atoms with van der Waals surface area (Å²) in [6.07, 6.45) is 4.86. The summed E-state index contributed by atoms with van der Waals surface area (Å²) in [4.78, 5) is 0. The first-order chi connectivity index (χ1) is 6.65. The quantitative estimate of drug-likeness (QED) is 0.722. The van der Waals surface area contributed by atoms with Crippen molar-refractivity contribution >= 4 is 0 Å². The molecule has 0 saturated heterocycles. The molecule has 1 atom stereocenters. The van der Waals surface area contributed by atoms with Gasteiger partial charge in [-0.25, -0.2) is 0 Å². The van der Waals surface area contributed by atoms with Gasteiger partial charge in [-0.05, 0) is 20.3 Å². The summed E-state index contributed by atoms with van der Waals surface area (Å²) in [6, 6.07) is 0.479. The molecule has 14 heavy (non-hydrogen) atoms. The minimum absolute atomic E-state index is 0.479. The van der Waals surface area contributed by atoms with Gasteiger partial charge in [0.15, 0.2) is 0 Å². The number of aryl methyl sites for hydroxylation is 1. The lowest BCUT2D eigenvalue weighted by Gasteiger charge is -2.10. The zero-order chi connectivity index (χ0) is 10.6.